The summed E-state index contributed by atoms with van der Waals surface area (Å²) in [6, 6.07) is 40.5. The number of ether oxygens (including phenoxy) is 2. The number of rotatable bonds is 13. The molecule has 1 spiro atoms. The minimum atomic E-state index is -2.40. The molecule has 1 aromatic heterocycles. The third kappa shape index (κ3) is 7.60. The highest BCUT2D eigenvalue weighted by atomic mass is 35.5. The summed E-state index contributed by atoms with van der Waals surface area (Å²) in [5.41, 5.74) is 4.08. The van der Waals surface area contributed by atoms with E-state index in [9.17, 15) is 9.90 Å². The van der Waals surface area contributed by atoms with Crippen LogP contribution in [0.25, 0.3) is 0 Å². The van der Waals surface area contributed by atoms with Crippen LogP contribution in [-0.4, -0.2) is 59.8 Å². The Balaban J connectivity index is 1.10. The largest absolute Gasteiger partial charge is 0.497 e. The molecule has 10 nitrogen and oxygen atoms in total. The number of nitrogens with zero attached hydrogens (tertiary/aromatic N) is 4. The van der Waals surface area contributed by atoms with Gasteiger partial charge in [-0.15, -0.1) is 5.10 Å². The average Bonchev–Trinajstić information content (AvgIpc) is 3.91. The Labute approximate surface area is 350 Å². The van der Waals surface area contributed by atoms with Gasteiger partial charge in [0.25, 0.3) is 11.8 Å². The smallest absolute Gasteiger partial charge is 0.264 e. The van der Waals surface area contributed by atoms with E-state index in [2.05, 4.69) is 47.8 Å². The van der Waals surface area contributed by atoms with Crippen molar-refractivity contribution < 1.29 is 24.2 Å². The molecule has 1 fully saturated rings. The Hall–Kier alpha value is -5.59. The summed E-state index contributed by atoms with van der Waals surface area (Å²) < 4.78 is 14.7. The standard InChI is InChI=1S/C47H48ClN5O5Si/c1-31-44(59(3,4)38-22-20-37(57-2)21-23-38)43(25-26-52-29-41(50-51-52)39(30-54)33-11-7-5-8-12-33)58-47(31)40-27-35(48)17-24-42(40)53(46(47)56)28-32-15-18-36(19-16-32)49-45(55)34-13-9-6-10-14-34/h5-24,27,29,31,39,43-44,54H,25-26,28,30H2,1-4H3,(H,49,55)/t31-,39?,43+,44-,47+/m1/s1. The van der Waals surface area contributed by atoms with Crippen molar-refractivity contribution in [3.63, 3.8) is 0 Å². The maximum Gasteiger partial charge on any atom is 0.264 e. The van der Waals surface area contributed by atoms with Crippen LogP contribution in [0.3, 0.4) is 0 Å². The van der Waals surface area contributed by atoms with Crippen LogP contribution in [0.4, 0.5) is 11.4 Å². The first-order valence-corrected chi connectivity index (χ1v) is 23.4. The lowest BCUT2D eigenvalue weighted by molar-refractivity contribution is -0.146. The number of aliphatic hydroxyl groups is 1. The monoisotopic (exact) mass is 825 g/mol. The number of amides is 2. The zero-order chi connectivity index (χ0) is 41.3. The fourth-order valence-electron chi connectivity index (χ4n) is 9.28. The molecule has 8 rings (SSSR count). The summed E-state index contributed by atoms with van der Waals surface area (Å²) in [7, 11) is -0.737. The van der Waals surface area contributed by atoms with E-state index in [1.165, 1.54) is 5.19 Å². The molecule has 59 heavy (non-hydrogen) atoms. The summed E-state index contributed by atoms with van der Waals surface area (Å²) in [6.07, 6.45) is 2.17. The molecule has 2 N–H and O–H groups in total. The number of aromatic nitrogens is 3. The SMILES string of the molecule is COc1ccc([Si](C)(C)[C@H]2[C@H](CCn3cc(C(CO)c4ccccc4)nn3)O[C@@]3(C(=O)N(Cc4ccc(NC(=O)c5ccccc5)cc4)c4ccc(Cl)cc43)[C@@H]2C)cc1. The van der Waals surface area contributed by atoms with Crippen molar-refractivity contribution in [3.05, 3.63) is 167 Å². The first kappa shape index (κ1) is 40.2. The Bertz CT molecular complexity index is 2430. The Morgan fingerprint density at radius 2 is 1.66 bits per heavy atom. The molecule has 0 aliphatic carbocycles. The molecule has 2 aliphatic heterocycles. The van der Waals surface area contributed by atoms with E-state index in [1.807, 2.05) is 119 Å². The zero-order valence-electron chi connectivity index (χ0n) is 33.6. The van der Waals surface area contributed by atoms with Crippen LogP contribution in [0.15, 0.2) is 134 Å². The van der Waals surface area contributed by atoms with Crippen LogP contribution in [0.2, 0.25) is 23.7 Å². The number of anilines is 2. The van der Waals surface area contributed by atoms with E-state index in [4.69, 9.17) is 21.1 Å². The van der Waals surface area contributed by atoms with E-state index >= 15 is 4.79 Å². The second kappa shape index (κ2) is 16.6. The summed E-state index contributed by atoms with van der Waals surface area (Å²) in [5.74, 6) is -0.0307. The summed E-state index contributed by atoms with van der Waals surface area (Å²) in [4.78, 5) is 29.9. The maximum absolute atomic E-state index is 15.3. The molecule has 2 aliphatic rings. The highest BCUT2D eigenvalue weighted by Crippen LogP contribution is 2.60. The average molecular weight is 826 g/mol. The second-order valence-electron chi connectivity index (χ2n) is 16.1. The molecule has 5 atom stereocenters. The van der Waals surface area contributed by atoms with E-state index in [-0.39, 0.29) is 41.9 Å². The highest BCUT2D eigenvalue weighted by Gasteiger charge is 2.66. The third-order valence-electron chi connectivity index (χ3n) is 12.3. The molecule has 0 saturated carbocycles. The molecule has 0 radical (unpaired) electrons. The number of aliphatic hydroxyl groups excluding tert-OH is 1. The molecule has 302 valence electrons. The molecule has 2 amide bonds. The van der Waals surface area contributed by atoms with Gasteiger partial charge in [0.2, 0.25) is 0 Å². The van der Waals surface area contributed by atoms with Crippen molar-refractivity contribution in [1.82, 2.24) is 15.0 Å². The van der Waals surface area contributed by atoms with Crippen molar-refractivity contribution in [3.8, 4) is 5.75 Å². The molecule has 1 saturated heterocycles. The summed E-state index contributed by atoms with van der Waals surface area (Å²) >= 11 is 6.74. The topological polar surface area (TPSA) is 119 Å². The fourth-order valence-corrected chi connectivity index (χ4v) is 13.5. The van der Waals surface area contributed by atoms with Gasteiger partial charge in [0, 0.05) is 40.5 Å². The van der Waals surface area contributed by atoms with Crippen molar-refractivity contribution in [1.29, 1.82) is 0 Å². The predicted octanol–water partition coefficient (Wildman–Crippen LogP) is 8.17. The number of halogens is 1. The van der Waals surface area contributed by atoms with Gasteiger partial charge in [0.05, 0.1) is 51.7 Å². The van der Waals surface area contributed by atoms with Crippen LogP contribution in [-0.2, 0) is 28.2 Å². The lowest BCUT2D eigenvalue weighted by Crippen LogP contribution is -2.51. The van der Waals surface area contributed by atoms with Gasteiger partial charge in [-0.1, -0.05) is 115 Å². The molecular formula is C47H48ClN5O5Si. The summed E-state index contributed by atoms with van der Waals surface area (Å²) in [6.45, 7) is 7.61. The van der Waals surface area contributed by atoms with E-state index < -0.39 is 13.7 Å². The zero-order valence-corrected chi connectivity index (χ0v) is 35.3. The minimum absolute atomic E-state index is 0.0108. The van der Waals surface area contributed by atoms with Crippen molar-refractivity contribution in [2.45, 2.75) is 62.7 Å². The number of aryl methyl sites for hydroxylation is 1. The van der Waals surface area contributed by atoms with Gasteiger partial charge in [0.1, 0.15) is 5.75 Å². The molecule has 1 unspecified atom stereocenters. The van der Waals surface area contributed by atoms with Gasteiger partial charge in [0.15, 0.2) is 5.60 Å². The van der Waals surface area contributed by atoms with Gasteiger partial charge >= 0.3 is 0 Å². The van der Waals surface area contributed by atoms with Crippen molar-refractivity contribution in [2.75, 3.05) is 23.9 Å². The summed E-state index contributed by atoms with van der Waals surface area (Å²) in [5, 5.41) is 24.0. The molecule has 3 heterocycles. The minimum Gasteiger partial charge on any atom is -0.497 e. The quantitative estimate of drug-likeness (QED) is 0.113. The first-order chi connectivity index (χ1) is 28.5. The van der Waals surface area contributed by atoms with Crippen LogP contribution < -0.4 is 20.1 Å². The van der Waals surface area contributed by atoms with E-state index in [1.54, 1.807) is 19.2 Å². The Kier molecular flexibility index (Phi) is 11.3. The highest BCUT2D eigenvalue weighted by molar-refractivity contribution is 6.91. The van der Waals surface area contributed by atoms with Gasteiger partial charge in [-0.05, 0) is 77.7 Å². The van der Waals surface area contributed by atoms with Crippen molar-refractivity contribution >= 4 is 48.1 Å². The predicted molar refractivity (Wildman–Crippen MR) is 233 cm³/mol. The number of carbonyl (C=O) groups excluding carboxylic acids is 2. The number of hydrogen-bond donors (Lipinski definition) is 2. The number of fused-ring (bicyclic) bond motifs is 2. The number of methoxy groups -OCH3 is 1. The van der Waals surface area contributed by atoms with Crippen LogP contribution in [0, 0.1) is 5.92 Å². The van der Waals surface area contributed by atoms with E-state index in [0.29, 0.717) is 41.5 Å². The lowest BCUT2D eigenvalue weighted by Gasteiger charge is -2.37. The normalized spacial score (nSPS) is 20.5. The molecule has 5 aromatic carbocycles. The lowest BCUT2D eigenvalue weighted by atomic mass is 9.82. The Morgan fingerprint density at radius 3 is 2.34 bits per heavy atom. The first-order valence-electron chi connectivity index (χ1n) is 20.0. The number of nitrogens with one attached hydrogen (secondary N) is 1. The number of carbonyl (C=O) groups is 2. The molecule has 6 aromatic rings. The third-order valence-corrected chi connectivity index (χ3v) is 16.9. The second-order valence-corrected chi connectivity index (χ2v) is 21.2. The van der Waals surface area contributed by atoms with Gasteiger partial charge in [-0.2, -0.15) is 0 Å². The van der Waals surface area contributed by atoms with Crippen LogP contribution >= 0.6 is 11.6 Å². The maximum atomic E-state index is 15.3. The Morgan fingerprint density at radius 1 is 0.966 bits per heavy atom. The van der Waals surface area contributed by atoms with Crippen LogP contribution in [0.5, 0.6) is 5.75 Å². The van der Waals surface area contributed by atoms with Gasteiger partial charge in [-0.25, -0.2) is 0 Å². The van der Waals surface area contributed by atoms with Crippen LogP contribution in [0.1, 0.15) is 52.0 Å². The van der Waals surface area contributed by atoms with Gasteiger partial charge in [-0.3, -0.25) is 14.3 Å². The van der Waals surface area contributed by atoms with Crippen molar-refractivity contribution in [2.24, 2.45) is 5.92 Å². The number of hydrogen-bond acceptors (Lipinski definition) is 7. The molecule has 12 heteroatoms. The van der Waals surface area contributed by atoms with Gasteiger partial charge < -0.3 is 24.8 Å². The van der Waals surface area contributed by atoms with E-state index in [0.717, 1.165) is 28.1 Å². The molecule has 0 bridgehead atoms. The number of benzene rings is 5. The fraction of sp³-hybridized carbons (Fsp3) is 0.277. The molecular weight excluding hydrogens is 778 g/mol.